The number of piperazine rings is 1. The average molecular weight is 380 g/mol. The molecule has 2 aromatic carbocycles. The lowest BCUT2D eigenvalue weighted by molar-refractivity contribution is -0.123. The van der Waals surface area contributed by atoms with E-state index >= 15 is 0 Å². The van der Waals surface area contributed by atoms with E-state index in [1.165, 1.54) is 16.7 Å². The van der Waals surface area contributed by atoms with Gasteiger partial charge in [-0.15, -0.1) is 0 Å². The number of rotatable bonds is 8. The molecule has 1 N–H and O–H groups in total. The van der Waals surface area contributed by atoms with Gasteiger partial charge in [0.25, 0.3) is 0 Å². The first-order valence-corrected chi connectivity index (χ1v) is 10.4. The van der Waals surface area contributed by atoms with Crippen LogP contribution >= 0.6 is 0 Å². The van der Waals surface area contributed by atoms with E-state index in [4.69, 9.17) is 0 Å². The highest BCUT2D eigenvalue weighted by Gasteiger charge is 2.20. The minimum atomic E-state index is 0.146. The lowest BCUT2D eigenvalue weighted by Gasteiger charge is -2.34. The highest BCUT2D eigenvalue weighted by molar-refractivity contribution is 5.78. The van der Waals surface area contributed by atoms with Crippen LogP contribution in [0.1, 0.15) is 30.0 Å². The van der Waals surface area contributed by atoms with Gasteiger partial charge in [-0.1, -0.05) is 54.6 Å². The van der Waals surface area contributed by atoms with E-state index in [1.54, 1.807) is 0 Å². The van der Waals surface area contributed by atoms with Crippen molar-refractivity contribution in [3.63, 3.8) is 0 Å². The molecule has 1 amide bonds. The number of carbonyl (C=O) groups is 1. The van der Waals surface area contributed by atoms with Gasteiger partial charge in [0.05, 0.1) is 6.54 Å². The molecule has 0 unspecified atom stereocenters. The molecule has 150 valence electrons. The first-order valence-electron chi connectivity index (χ1n) is 10.4. The number of hydrogen-bond acceptors (Lipinski definition) is 3. The zero-order chi connectivity index (χ0) is 19.8. The standard InChI is InChI=1S/C24H33N3O/c1-20-8-6-7-11-23(20)18-26-14-16-27(17-15-26)19-24(28)25-21(2)12-13-22-9-4-3-5-10-22/h3-11,21H,12-19H2,1-2H3,(H,25,28)/t21-/m0/s1. The number of nitrogens with one attached hydrogen (secondary N) is 1. The molecule has 28 heavy (non-hydrogen) atoms. The van der Waals surface area contributed by atoms with E-state index in [2.05, 4.69) is 77.5 Å². The molecule has 1 saturated heterocycles. The molecule has 1 aliphatic rings. The second-order valence-corrected chi connectivity index (χ2v) is 7.97. The molecule has 1 aliphatic heterocycles. The van der Waals surface area contributed by atoms with Gasteiger partial charge in [-0.3, -0.25) is 14.6 Å². The summed E-state index contributed by atoms with van der Waals surface area (Å²) in [6.07, 6.45) is 1.97. The largest absolute Gasteiger partial charge is 0.353 e. The van der Waals surface area contributed by atoms with Crippen LogP contribution in [-0.2, 0) is 17.8 Å². The molecule has 0 saturated carbocycles. The van der Waals surface area contributed by atoms with Crippen LogP contribution in [0.15, 0.2) is 54.6 Å². The average Bonchev–Trinajstić information content (AvgIpc) is 2.70. The van der Waals surface area contributed by atoms with Crippen LogP contribution in [0.4, 0.5) is 0 Å². The molecule has 0 spiro atoms. The van der Waals surface area contributed by atoms with Gasteiger partial charge in [0.15, 0.2) is 0 Å². The minimum absolute atomic E-state index is 0.146. The number of carbonyl (C=O) groups excluding carboxylic acids is 1. The monoisotopic (exact) mass is 379 g/mol. The summed E-state index contributed by atoms with van der Waals surface area (Å²) in [7, 11) is 0. The molecule has 0 aliphatic carbocycles. The Morgan fingerprint density at radius 3 is 2.32 bits per heavy atom. The Bertz CT molecular complexity index is 739. The third kappa shape index (κ3) is 6.47. The molecule has 0 radical (unpaired) electrons. The molecule has 1 fully saturated rings. The quantitative estimate of drug-likeness (QED) is 0.765. The summed E-state index contributed by atoms with van der Waals surface area (Å²) in [5, 5.41) is 3.16. The fraction of sp³-hybridized carbons (Fsp3) is 0.458. The summed E-state index contributed by atoms with van der Waals surface area (Å²) in [5.74, 6) is 0.146. The van der Waals surface area contributed by atoms with Gasteiger partial charge in [-0.2, -0.15) is 0 Å². The van der Waals surface area contributed by atoms with E-state index in [9.17, 15) is 4.79 Å². The summed E-state index contributed by atoms with van der Waals surface area (Å²) in [6.45, 7) is 9.73. The molecule has 0 bridgehead atoms. The minimum Gasteiger partial charge on any atom is -0.353 e. The van der Waals surface area contributed by atoms with Gasteiger partial charge in [0.2, 0.25) is 5.91 Å². The van der Waals surface area contributed by atoms with Crippen LogP contribution in [0.25, 0.3) is 0 Å². The number of hydrogen-bond donors (Lipinski definition) is 1. The van der Waals surface area contributed by atoms with Crippen molar-refractivity contribution in [2.75, 3.05) is 32.7 Å². The van der Waals surface area contributed by atoms with E-state index < -0.39 is 0 Å². The highest BCUT2D eigenvalue weighted by Crippen LogP contribution is 2.12. The van der Waals surface area contributed by atoms with Crippen molar-refractivity contribution in [2.45, 2.75) is 39.3 Å². The zero-order valence-corrected chi connectivity index (χ0v) is 17.2. The van der Waals surface area contributed by atoms with Crippen LogP contribution in [0.3, 0.4) is 0 Å². The summed E-state index contributed by atoms with van der Waals surface area (Å²) in [6, 6.07) is 19.3. The Hall–Kier alpha value is -2.17. The van der Waals surface area contributed by atoms with Crippen LogP contribution in [-0.4, -0.2) is 54.5 Å². The maximum absolute atomic E-state index is 12.4. The van der Waals surface area contributed by atoms with Crippen molar-refractivity contribution in [2.24, 2.45) is 0 Å². The van der Waals surface area contributed by atoms with Gasteiger partial charge >= 0.3 is 0 Å². The van der Waals surface area contributed by atoms with Gasteiger partial charge < -0.3 is 5.32 Å². The zero-order valence-electron chi connectivity index (χ0n) is 17.2. The Kier molecular flexibility index (Phi) is 7.63. The van der Waals surface area contributed by atoms with Crippen molar-refractivity contribution in [3.05, 3.63) is 71.3 Å². The second kappa shape index (κ2) is 10.4. The van der Waals surface area contributed by atoms with Crippen LogP contribution in [0.2, 0.25) is 0 Å². The summed E-state index contributed by atoms with van der Waals surface area (Å²) >= 11 is 0. The van der Waals surface area contributed by atoms with E-state index in [-0.39, 0.29) is 11.9 Å². The fourth-order valence-corrected chi connectivity index (χ4v) is 3.76. The van der Waals surface area contributed by atoms with Gasteiger partial charge in [-0.05, 0) is 43.4 Å². The normalized spacial score (nSPS) is 16.6. The molecule has 1 atom stereocenters. The topological polar surface area (TPSA) is 35.6 Å². The highest BCUT2D eigenvalue weighted by atomic mass is 16.2. The second-order valence-electron chi connectivity index (χ2n) is 7.97. The van der Waals surface area contributed by atoms with Gasteiger partial charge in [0, 0.05) is 38.8 Å². The number of nitrogens with zero attached hydrogens (tertiary/aromatic N) is 2. The predicted molar refractivity (Wildman–Crippen MR) is 115 cm³/mol. The Morgan fingerprint density at radius 2 is 1.61 bits per heavy atom. The molecular formula is C24H33N3O. The van der Waals surface area contributed by atoms with Crippen molar-refractivity contribution in [1.29, 1.82) is 0 Å². The molecule has 4 heteroatoms. The molecule has 4 nitrogen and oxygen atoms in total. The Morgan fingerprint density at radius 1 is 0.964 bits per heavy atom. The van der Waals surface area contributed by atoms with Crippen molar-refractivity contribution in [1.82, 2.24) is 15.1 Å². The van der Waals surface area contributed by atoms with E-state index in [1.807, 2.05) is 6.07 Å². The molecule has 2 aromatic rings. The summed E-state index contributed by atoms with van der Waals surface area (Å²) < 4.78 is 0. The number of aryl methyl sites for hydroxylation is 2. The summed E-state index contributed by atoms with van der Waals surface area (Å²) in [4.78, 5) is 17.1. The smallest absolute Gasteiger partial charge is 0.234 e. The van der Waals surface area contributed by atoms with Crippen LogP contribution in [0, 0.1) is 6.92 Å². The molecular weight excluding hydrogens is 346 g/mol. The Balaban J connectivity index is 1.35. The predicted octanol–water partition coefficient (Wildman–Crippen LogP) is 3.25. The third-order valence-electron chi connectivity index (χ3n) is 5.60. The van der Waals surface area contributed by atoms with Crippen molar-refractivity contribution in [3.8, 4) is 0 Å². The third-order valence-corrected chi connectivity index (χ3v) is 5.60. The SMILES string of the molecule is Cc1ccccc1CN1CCN(CC(=O)N[C@@H](C)CCc2ccccc2)CC1. The van der Waals surface area contributed by atoms with Gasteiger partial charge in [0.1, 0.15) is 0 Å². The van der Waals surface area contributed by atoms with Crippen molar-refractivity contribution < 1.29 is 4.79 Å². The first-order chi connectivity index (χ1) is 13.6. The molecule has 3 rings (SSSR count). The number of benzene rings is 2. The molecule has 1 heterocycles. The van der Waals surface area contributed by atoms with Crippen molar-refractivity contribution >= 4 is 5.91 Å². The van der Waals surface area contributed by atoms with Gasteiger partial charge in [-0.25, -0.2) is 0 Å². The molecule has 0 aromatic heterocycles. The maximum atomic E-state index is 12.4. The summed E-state index contributed by atoms with van der Waals surface area (Å²) in [5.41, 5.74) is 4.09. The number of amides is 1. The van der Waals surface area contributed by atoms with E-state index in [0.29, 0.717) is 6.54 Å². The van der Waals surface area contributed by atoms with E-state index in [0.717, 1.165) is 45.6 Å². The van der Waals surface area contributed by atoms with Crippen LogP contribution < -0.4 is 5.32 Å². The fourth-order valence-electron chi connectivity index (χ4n) is 3.76. The Labute approximate surface area is 169 Å². The maximum Gasteiger partial charge on any atom is 0.234 e. The van der Waals surface area contributed by atoms with Crippen LogP contribution in [0.5, 0.6) is 0 Å². The lowest BCUT2D eigenvalue weighted by atomic mass is 10.1. The lowest BCUT2D eigenvalue weighted by Crippen LogP contribution is -2.50. The first kappa shape index (κ1) is 20.6.